The molecule has 0 saturated carbocycles. The Morgan fingerprint density at radius 2 is 1.71 bits per heavy atom. The van der Waals surface area contributed by atoms with E-state index in [0.29, 0.717) is 5.02 Å². The highest BCUT2D eigenvalue weighted by atomic mass is 35.5. The van der Waals surface area contributed by atoms with Crippen molar-refractivity contribution in [3.8, 4) is 0 Å². The number of rotatable bonds is 3. The van der Waals surface area contributed by atoms with E-state index in [2.05, 4.69) is 15.2 Å². The van der Waals surface area contributed by atoms with Crippen LogP contribution in [0, 0.1) is 0 Å². The standard InChI is InChI=1S/C20H19Cl2N3O2S/c21-18-5-4-16(13-19(18)22)28(26,27)15-3-2-14-6-8-24-20(17(14)12-15)25-10-1-7-23-9-11-25/h2-6,8,12-13,23H,1,7,9-11H2. The molecular weight excluding hydrogens is 417 g/mol. The SMILES string of the molecule is O=S(=O)(c1ccc(Cl)c(Cl)c1)c1ccc2ccnc(N3CCCNCC3)c2c1. The first-order valence-corrected chi connectivity index (χ1v) is 11.3. The van der Waals surface area contributed by atoms with Crippen LogP contribution in [0.5, 0.6) is 0 Å². The van der Waals surface area contributed by atoms with E-state index >= 15 is 0 Å². The zero-order valence-electron chi connectivity index (χ0n) is 15.0. The predicted molar refractivity (Wildman–Crippen MR) is 113 cm³/mol. The third-order valence-electron chi connectivity index (χ3n) is 4.87. The first-order valence-electron chi connectivity index (χ1n) is 9.01. The van der Waals surface area contributed by atoms with Crippen LogP contribution in [0.25, 0.3) is 10.8 Å². The summed E-state index contributed by atoms with van der Waals surface area (Å²) >= 11 is 12.0. The minimum atomic E-state index is -3.73. The molecule has 5 nitrogen and oxygen atoms in total. The lowest BCUT2D eigenvalue weighted by molar-refractivity contribution is 0.596. The normalized spacial score (nSPS) is 15.6. The van der Waals surface area contributed by atoms with E-state index in [1.54, 1.807) is 18.3 Å². The lowest BCUT2D eigenvalue weighted by Crippen LogP contribution is -2.28. The van der Waals surface area contributed by atoms with Crippen molar-refractivity contribution in [2.45, 2.75) is 16.2 Å². The fourth-order valence-corrected chi connectivity index (χ4v) is 5.06. The van der Waals surface area contributed by atoms with Crippen molar-refractivity contribution in [3.63, 3.8) is 0 Å². The number of pyridine rings is 1. The Kier molecular flexibility index (Phi) is 5.47. The number of anilines is 1. The number of hydrogen-bond acceptors (Lipinski definition) is 5. The molecule has 1 aliphatic rings. The summed E-state index contributed by atoms with van der Waals surface area (Å²) in [5.41, 5.74) is 0. The van der Waals surface area contributed by atoms with Gasteiger partial charge in [0.05, 0.1) is 19.8 Å². The van der Waals surface area contributed by atoms with Gasteiger partial charge in [-0.25, -0.2) is 13.4 Å². The van der Waals surface area contributed by atoms with Crippen LogP contribution >= 0.6 is 23.2 Å². The Morgan fingerprint density at radius 1 is 0.929 bits per heavy atom. The fraction of sp³-hybridized carbons (Fsp3) is 0.250. The molecule has 3 aromatic rings. The molecule has 0 radical (unpaired) electrons. The van der Waals surface area contributed by atoms with Crippen LogP contribution in [-0.4, -0.2) is 39.6 Å². The summed E-state index contributed by atoms with van der Waals surface area (Å²) < 4.78 is 26.3. The summed E-state index contributed by atoms with van der Waals surface area (Å²) in [6.45, 7) is 3.55. The average Bonchev–Trinajstić information content (AvgIpc) is 2.98. The second-order valence-electron chi connectivity index (χ2n) is 6.69. The molecule has 8 heteroatoms. The van der Waals surface area contributed by atoms with Crippen molar-refractivity contribution in [2.24, 2.45) is 0 Å². The number of aromatic nitrogens is 1. The van der Waals surface area contributed by atoms with E-state index in [9.17, 15) is 8.42 Å². The van der Waals surface area contributed by atoms with Crippen LogP contribution in [0.4, 0.5) is 5.82 Å². The number of nitrogens with zero attached hydrogens (tertiary/aromatic N) is 2. The number of nitrogens with one attached hydrogen (secondary N) is 1. The number of hydrogen-bond donors (Lipinski definition) is 1. The lowest BCUT2D eigenvalue weighted by atomic mass is 10.1. The first kappa shape index (κ1) is 19.5. The van der Waals surface area contributed by atoms with E-state index in [1.807, 2.05) is 12.1 Å². The number of halogens is 2. The monoisotopic (exact) mass is 435 g/mol. The largest absolute Gasteiger partial charge is 0.355 e. The maximum Gasteiger partial charge on any atom is 0.206 e. The van der Waals surface area contributed by atoms with Crippen molar-refractivity contribution >= 4 is 49.6 Å². The van der Waals surface area contributed by atoms with Gasteiger partial charge in [0.1, 0.15) is 5.82 Å². The molecule has 0 aliphatic carbocycles. The predicted octanol–water partition coefficient (Wildman–Crippen LogP) is 4.17. The lowest BCUT2D eigenvalue weighted by Gasteiger charge is -2.22. The molecule has 4 rings (SSSR count). The van der Waals surface area contributed by atoms with Crippen molar-refractivity contribution in [1.29, 1.82) is 0 Å². The average molecular weight is 436 g/mol. The van der Waals surface area contributed by atoms with Crippen LogP contribution in [0.1, 0.15) is 6.42 Å². The summed E-state index contributed by atoms with van der Waals surface area (Å²) in [5, 5.41) is 5.68. The minimum absolute atomic E-state index is 0.116. The van der Waals surface area contributed by atoms with Gasteiger partial charge in [-0.15, -0.1) is 0 Å². The quantitative estimate of drug-likeness (QED) is 0.668. The molecule has 28 heavy (non-hydrogen) atoms. The van der Waals surface area contributed by atoms with E-state index in [0.717, 1.165) is 49.2 Å². The molecule has 0 unspecified atom stereocenters. The fourth-order valence-electron chi connectivity index (χ4n) is 3.39. The summed E-state index contributed by atoms with van der Waals surface area (Å²) in [5.74, 6) is 0.812. The van der Waals surface area contributed by atoms with Gasteiger partial charge in [-0.3, -0.25) is 0 Å². The van der Waals surface area contributed by atoms with Gasteiger partial charge in [-0.1, -0.05) is 29.3 Å². The minimum Gasteiger partial charge on any atom is -0.355 e. The Hall–Kier alpha value is -1.86. The maximum absolute atomic E-state index is 13.1. The van der Waals surface area contributed by atoms with E-state index in [1.165, 1.54) is 18.2 Å². The van der Waals surface area contributed by atoms with Gasteiger partial charge in [-0.2, -0.15) is 0 Å². The van der Waals surface area contributed by atoms with Gasteiger partial charge in [0, 0.05) is 31.2 Å². The van der Waals surface area contributed by atoms with Crippen LogP contribution in [0.15, 0.2) is 58.5 Å². The van der Waals surface area contributed by atoms with E-state index in [4.69, 9.17) is 23.2 Å². The second kappa shape index (κ2) is 7.87. The molecule has 1 saturated heterocycles. The highest BCUT2D eigenvalue weighted by molar-refractivity contribution is 7.91. The zero-order chi connectivity index (χ0) is 19.7. The molecule has 0 spiro atoms. The highest BCUT2D eigenvalue weighted by Crippen LogP contribution is 2.32. The molecule has 1 N–H and O–H groups in total. The van der Waals surface area contributed by atoms with Gasteiger partial charge >= 0.3 is 0 Å². The van der Waals surface area contributed by atoms with E-state index in [-0.39, 0.29) is 14.8 Å². The summed E-state index contributed by atoms with van der Waals surface area (Å²) in [6, 6.07) is 11.4. The molecule has 2 heterocycles. The van der Waals surface area contributed by atoms with E-state index < -0.39 is 9.84 Å². The molecule has 2 aromatic carbocycles. The van der Waals surface area contributed by atoms with Crippen LogP contribution in [0.2, 0.25) is 10.0 Å². The van der Waals surface area contributed by atoms with Crippen molar-refractivity contribution in [3.05, 3.63) is 58.7 Å². The summed E-state index contributed by atoms with van der Waals surface area (Å²) in [4.78, 5) is 7.09. The van der Waals surface area contributed by atoms with Gasteiger partial charge in [0.2, 0.25) is 9.84 Å². The molecule has 1 aliphatic heterocycles. The van der Waals surface area contributed by atoms with Crippen molar-refractivity contribution in [1.82, 2.24) is 10.3 Å². The molecule has 146 valence electrons. The van der Waals surface area contributed by atoms with Gasteiger partial charge in [0.15, 0.2) is 0 Å². The Labute approximate surface area is 174 Å². The third-order valence-corrected chi connectivity index (χ3v) is 7.36. The highest BCUT2D eigenvalue weighted by Gasteiger charge is 2.21. The van der Waals surface area contributed by atoms with Crippen molar-refractivity contribution < 1.29 is 8.42 Å². The Morgan fingerprint density at radius 3 is 2.54 bits per heavy atom. The molecule has 0 bridgehead atoms. The maximum atomic E-state index is 13.1. The molecular formula is C20H19Cl2N3O2S. The Bertz CT molecular complexity index is 1130. The smallest absolute Gasteiger partial charge is 0.206 e. The summed E-state index contributed by atoms with van der Waals surface area (Å²) in [6.07, 6.45) is 2.78. The van der Waals surface area contributed by atoms with Gasteiger partial charge in [-0.05, 0) is 54.8 Å². The van der Waals surface area contributed by atoms with Crippen LogP contribution in [0.3, 0.4) is 0 Å². The Balaban J connectivity index is 1.82. The van der Waals surface area contributed by atoms with Crippen LogP contribution in [-0.2, 0) is 9.84 Å². The second-order valence-corrected chi connectivity index (χ2v) is 9.45. The zero-order valence-corrected chi connectivity index (χ0v) is 17.4. The van der Waals surface area contributed by atoms with Gasteiger partial charge < -0.3 is 10.2 Å². The topological polar surface area (TPSA) is 62.3 Å². The van der Waals surface area contributed by atoms with Crippen molar-refractivity contribution in [2.75, 3.05) is 31.1 Å². The molecule has 1 aromatic heterocycles. The number of benzene rings is 2. The first-order chi connectivity index (χ1) is 13.5. The van der Waals surface area contributed by atoms with Crippen LogP contribution < -0.4 is 10.2 Å². The number of sulfone groups is 1. The summed E-state index contributed by atoms with van der Waals surface area (Å²) in [7, 11) is -3.73. The molecule has 0 amide bonds. The molecule has 1 fully saturated rings. The molecule has 0 atom stereocenters. The number of fused-ring (bicyclic) bond motifs is 1. The van der Waals surface area contributed by atoms with Gasteiger partial charge in [0.25, 0.3) is 0 Å². The third kappa shape index (κ3) is 3.70.